The largest absolute Gasteiger partial charge is 0.497 e. The summed E-state index contributed by atoms with van der Waals surface area (Å²) in [6.45, 7) is 5.61. The summed E-state index contributed by atoms with van der Waals surface area (Å²) in [6, 6.07) is 5.09. The smallest absolute Gasteiger partial charge is 0.410 e. The van der Waals surface area contributed by atoms with E-state index in [1.54, 1.807) is 43.9 Å². The Morgan fingerprint density at radius 1 is 1.32 bits per heavy atom. The molecule has 0 radical (unpaired) electrons. The van der Waals surface area contributed by atoms with Crippen molar-refractivity contribution in [2.75, 3.05) is 26.8 Å². The molecule has 2 heterocycles. The third kappa shape index (κ3) is 6.14. The number of piperidine rings is 1. The van der Waals surface area contributed by atoms with Crippen molar-refractivity contribution in [3.63, 3.8) is 0 Å². The van der Waals surface area contributed by atoms with Crippen molar-refractivity contribution in [1.82, 2.24) is 9.88 Å². The average molecular weight is 479 g/mol. The van der Waals surface area contributed by atoms with Gasteiger partial charge in [-0.05, 0) is 64.2 Å². The predicted molar refractivity (Wildman–Crippen MR) is 125 cm³/mol. The van der Waals surface area contributed by atoms with Gasteiger partial charge in [0.15, 0.2) is 0 Å². The molecule has 0 bridgehead atoms. The molecule has 3 N–H and O–H groups in total. The molecule has 1 aliphatic heterocycles. The number of pyridine rings is 1. The van der Waals surface area contributed by atoms with Gasteiger partial charge >= 0.3 is 6.09 Å². The van der Waals surface area contributed by atoms with Gasteiger partial charge in [0.1, 0.15) is 17.2 Å². The van der Waals surface area contributed by atoms with Gasteiger partial charge < -0.3 is 29.7 Å². The Morgan fingerprint density at radius 3 is 2.71 bits per heavy atom. The number of aromatic nitrogens is 1. The number of aliphatic hydroxyl groups excluding tert-OH is 3. The van der Waals surface area contributed by atoms with Crippen LogP contribution in [0.3, 0.4) is 0 Å². The molecule has 8 nitrogen and oxygen atoms in total. The SMILES string of the molecule is COc1ccc2ncc(F)c(C(O)CCC3CCN(C(=O)OC(C)(C)C)CC3C(O)CO)c2c1. The summed E-state index contributed by atoms with van der Waals surface area (Å²) in [6.07, 6.45) is -0.160. The van der Waals surface area contributed by atoms with Crippen molar-refractivity contribution in [3.8, 4) is 5.75 Å². The average Bonchev–Trinajstić information content (AvgIpc) is 2.80. The summed E-state index contributed by atoms with van der Waals surface area (Å²) in [7, 11) is 1.51. The molecule has 1 aliphatic rings. The molecule has 9 heteroatoms. The van der Waals surface area contributed by atoms with E-state index < -0.39 is 42.2 Å². The number of ether oxygens (including phenoxy) is 2. The minimum Gasteiger partial charge on any atom is -0.497 e. The normalized spacial score (nSPS) is 20.8. The highest BCUT2D eigenvalue weighted by Crippen LogP contribution is 2.36. The fraction of sp³-hybridized carbons (Fsp3) is 0.600. The van der Waals surface area contributed by atoms with E-state index in [1.165, 1.54) is 7.11 Å². The number of nitrogens with zero attached hydrogens (tertiary/aromatic N) is 2. The standard InChI is InChI=1S/C25H35FN2O6/c1-25(2,3)34-24(32)28-10-9-15(18(13-28)22(31)14-29)5-8-21(30)23-17-11-16(33-4)6-7-20(17)27-12-19(23)26/h6-7,11-12,15,18,21-22,29-31H,5,8-10,13-14H2,1-4H3. The Kier molecular flexibility index (Phi) is 8.33. The molecular formula is C25H35FN2O6. The number of methoxy groups -OCH3 is 1. The van der Waals surface area contributed by atoms with Crippen molar-refractivity contribution in [2.45, 2.75) is 57.8 Å². The van der Waals surface area contributed by atoms with Crippen LogP contribution in [0.1, 0.15) is 51.7 Å². The molecule has 1 fully saturated rings. The van der Waals surface area contributed by atoms with Crippen LogP contribution in [0.2, 0.25) is 0 Å². The molecule has 0 aliphatic carbocycles. The van der Waals surface area contributed by atoms with Crippen LogP contribution in [0.4, 0.5) is 9.18 Å². The second-order valence-corrected chi connectivity index (χ2v) is 9.88. The van der Waals surface area contributed by atoms with E-state index in [2.05, 4.69) is 4.98 Å². The van der Waals surface area contributed by atoms with Gasteiger partial charge in [-0.15, -0.1) is 0 Å². The maximum Gasteiger partial charge on any atom is 0.410 e. The minimum absolute atomic E-state index is 0.0683. The van der Waals surface area contributed by atoms with Crippen LogP contribution in [-0.4, -0.2) is 69.8 Å². The van der Waals surface area contributed by atoms with Crippen molar-refractivity contribution >= 4 is 17.0 Å². The molecule has 3 rings (SSSR count). The maximum absolute atomic E-state index is 14.7. The van der Waals surface area contributed by atoms with Crippen LogP contribution in [-0.2, 0) is 4.74 Å². The molecule has 0 spiro atoms. The van der Waals surface area contributed by atoms with E-state index in [9.17, 15) is 24.5 Å². The van der Waals surface area contributed by atoms with Gasteiger partial charge in [0.2, 0.25) is 0 Å². The molecular weight excluding hydrogens is 443 g/mol. The fourth-order valence-corrected chi connectivity index (χ4v) is 4.60. The zero-order chi connectivity index (χ0) is 25.0. The lowest BCUT2D eigenvalue weighted by Gasteiger charge is -2.41. The molecule has 0 saturated carbocycles. The van der Waals surface area contributed by atoms with Gasteiger partial charge in [-0.2, -0.15) is 0 Å². The number of fused-ring (bicyclic) bond motifs is 1. The molecule has 188 valence electrons. The summed E-state index contributed by atoms with van der Waals surface area (Å²) in [5, 5.41) is 31.4. The topological polar surface area (TPSA) is 112 Å². The first-order valence-corrected chi connectivity index (χ1v) is 11.6. The first-order valence-electron chi connectivity index (χ1n) is 11.6. The summed E-state index contributed by atoms with van der Waals surface area (Å²) < 4.78 is 25.4. The first kappa shape index (κ1) is 26.1. The Morgan fingerprint density at radius 2 is 2.06 bits per heavy atom. The van der Waals surface area contributed by atoms with Crippen molar-refractivity contribution in [1.29, 1.82) is 0 Å². The van der Waals surface area contributed by atoms with E-state index in [1.807, 2.05) is 0 Å². The molecule has 34 heavy (non-hydrogen) atoms. The van der Waals surface area contributed by atoms with E-state index in [-0.39, 0.29) is 24.4 Å². The van der Waals surface area contributed by atoms with Crippen LogP contribution < -0.4 is 4.74 Å². The molecule has 1 saturated heterocycles. The molecule has 4 unspecified atom stereocenters. The second kappa shape index (κ2) is 10.8. The van der Waals surface area contributed by atoms with Gasteiger partial charge in [0, 0.05) is 30.0 Å². The van der Waals surface area contributed by atoms with E-state index in [4.69, 9.17) is 9.47 Å². The minimum atomic E-state index is -1.09. The number of carbonyl (C=O) groups is 1. The van der Waals surface area contributed by atoms with Crippen LogP contribution in [0.25, 0.3) is 10.9 Å². The zero-order valence-electron chi connectivity index (χ0n) is 20.2. The highest BCUT2D eigenvalue weighted by Gasteiger charge is 2.37. The Hall–Kier alpha value is -2.49. The molecule has 4 atom stereocenters. The molecule has 1 aromatic heterocycles. The molecule has 1 amide bonds. The van der Waals surface area contributed by atoms with E-state index in [0.29, 0.717) is 36.0 Å². The van der Waals surface area contributed by atoms with Crippen LogP contribution in [0.5, 0.6) is 5.75 Å². The van der Waals surface area contributed by atoms with Crippen molar-refractivity contribution < 1.29 is 34.0 Å². The second-order valence-electron chi connectivity index (χ2n) is 9.88. The van der Waals surface area contributed by atoms with Crippen LogP contribution in [0.15, 0.2) is 24.4 Å². The summed E-state index contributed by atoms with van der Waals surface area (Å²) >= 11 is 0. The number of hydrogen-bond acceptors (Lipinski definition) is 7. The summed E-state index contributed by atoms with van der Waals surface area (Å²) in [5.74, 6) is -0.521. The van der Waals surface area contributed by atoms with Crippen molar-refractivity contribution in [3.05, 3.63) is 35.8 Å². The fourth-order valence-electron chi connectivity index (χ4n) is 4.60. The van der Waals surface area contributed by atoms with E-state index >= 15 is 0 Å². The monoisotopic (exact) mass is 478 g/mol. The number of amides is 1. The van der Waals surface area contributed by atoms with Gasteiger partial charge in [-0.1, -0.05) is 0 Å². The Labute approximate surface area is 199 Å². The van der Waals surface area contributed by atoms with Crippen LogP contribution >= 0.6 is 0 Å². The number of rotatable bonds is 7. The lowest BCUT2D eigenvalue weighted by Crippen LogP contribution is -2.49. The van der Waals surface area contributed by atoms with Gasteiger partial charge in [-0.3, -0.25) is 4.98 Å². The van der Waals surface area contributed by atoms with Gasteiger partial charge in [-0.25, -0.2) is 9.18 Å². The third-order valence-corrected chi connectivity index (χ3v) is 6.35. The van der Waals surface area contributed by atoms with Crippen LogP contribution in [0, 0.1) is 17.7 Å². The number of hydrogen-bond donors (Lipinski definition) is 3. The first-order chi connectivity index (χ1) is 16.0. The number of benzene rings is 1. The highest BCUT2D eigenvalue weighted by molar-refractivity contribution is 5.84. The third-order valence-electron chi connectivity index (χ3n) is 6.35. The van der Waals surface area contributed by atoms with Crippen molar-refractivity contribution in [2.24, 2.45) is 11.8 Å². The van der Waals surface area contributed by atoms with Gasteiger partial charge in [0.05, 0.1) is 37.6 Å². The number of aliphatic hydroxyl groups is 3. The maximum atomic E-state index is 14.7. The van der Waals surface area contributed by atoms with Gasteiger partial charge in [0.25, 0.3) is 0 Å². The molecule has 2 aromatic rings. The predicted octanol–water partition coefficient (Wildman–Crippen LogP) is 3.42. The lowest BCUT2D eigenvalue weighted by molar-refractivity contribution is -0.0327. The number of likely N-dealkylation sites (tertiary alicyclic amines) is 1. The summed E-state index contributed by atoms with van der Waals surface area (Å²) in [5.41, 5.74) is 0.0771. The Bertz CT molecular complexity index is 995. The van der Waals surface area contributed by atoms with E-state index in [0.717, 1.165) is 6.20 Å². The quantitative estimate of drug-likeness (QED) is 0.559. The zero-order valence-corrected chi connectivity index (χ0v) is 20.2. The number of carbonyl (C=O) groups excluding carboxylic acids is 1. The lowest BCUT2D eigenvalue weighted by atomic mass is 9.78. The number of halogens is 1. The molecule has 1 aromatic carbocycles. The Balaban J connectivity index is 1.74. The summed E-state index contributed by atoms with van der Waals surface area (Å²) in [4.78, 5) is 18.1. The highest BCUT2D eigenvalue weighted by atomic mass is 19.1.